The molecule has 1 N–H and O–H groups in total. The minimum absolute atomic E-state index is 0.209. The van der Waals surface area contributed by atoms with Gasteiger partial charge in [-0.15, -0.1) is 0 Å². The van der Waals surface area contributed by atoms with E-state index < -0.39 is 5.54 Å². The number of urea groups is 1. The molecule has 0 unspecified atom stereocenters. The van der Waals surface area contributed by atoms with Crippen molar-refractivity contribution in [3.05, 3.63) is 161 Å². The van der Waals surface area contributed by atoms with Gasteiger partial charge in [0.25, 0.3) is 0 Å². The molecule has 2 amide bonds. The number of hydrogen-bond acceptors (Lipinski definition) is 6. The molecule has 0 spiro atoms. The van der Waals surface area contributed by atoms with Crippen molar-refractivity contribution >= 4 is 33.4 Å². The summed E-state index contributed by atoms with van der Waals surface area (Å²) in [7, 11) is 0. The van der Waals surface area contributed by atoms with Gasteiger partial charge in [-0.25, -0.2) is 14.5 Å². The molecule has 0 aliphatic carbocycles. The summed E-state index contributed by atoms with van der Waals surface area (Å²) < 4.78 is 7.60. The van der Waals surface area contributed by atoms with E-state index in [0.717, 1.165) is 49.2 Å². The van der Waals surface area contributed by atoms with Crippen molar-refractivity contribution in [1.82, 2.24) is 19.7 Å². The van der Waals surface area contributed by atoms with Crippen LogP contribution in [0.2, 0.25) is 0 Å². The number of anilines is 1. The van der Waals surface area contributed by atoms with E-state index in [4.69, 9.17) is 14.8 Å². The van der Waals surface area contributed by atoms with E-state index in [1.54, 1.807) is 11.0 Å². The number of amides is 2. The number of fused-ring (bicyclic) bond motifs is 1. The summed E-state index contributed by atoms with van der Waals surface area (Å²) in [5.41, 5.74) is 7.41. The van der Waals surface area contributed by atoms with Crippen molar-refractivity contribution in [2.24, 2.45) is 0 Å². The number of aromatic nitrogens is 3. The lowest BCUT2D eigenvalue weighted by molar-refractivity contribution is 0.0564. The predicted octanol–water partition coefficient (Wildman–Crippen LogP) is 8.71. The molecule has 5 aromatic carbocycles. The number of nitrogens with one attached hydrogen (secondary N) is 1. The average molecular weight is 687 g/mol. The van der Waals surface area contributed by atoms with E-state index in [2.05, 4.69) is 108 Å². The molecular formula is C42H34N6O2S. The van der Waals surface area contributed by atoms with Gasteiger partial charge in [-0.2, -0.15) is 10.4 Å². The van der Waals surface area contributed by atoms with E-state index in [1.165, 1.54) is 11.3 Å². The van der Waals surface area contributed by atoms with Gasteiger partial charge in [0.2, 0.25) is 0 Å². The summed E-state index contributed by atoms with van der Waals surface area (Å²) in [5.74, 6) is 0. The molecule has 7 aromatic rings. The lowest BCUT2D eigenvalue weighted by atomic mass is 9.77. The largest absolute Gasteiger partial charge is 0.378 e. The standard InChI is InChI=1S/C42H34N6O2S/c1-29-24-32(39-38(31-13-11-12-30(25-31)27-43)45-40(51-39)46-41(49)47-20-22-50-23-21-47)26-37-36(29)28-44-48(37)42(33-14-5-2-6-15-33,34-16-7-3-8-17-34)35-18-9-4-10-19-35/h2-19,24-26,28H,20-23H2,1H3,(H,45,46,49). The molecule has 0 bridgehead atoms. The minimum atomic E-state index is -0.800. The number of morpholine rings is 1. The lowest BCUT2D eigenvalue weighted by Gasteiger charge is -2.37. The third-order valence-corrected chi connectivity index (χ3v) is 10.5. The van der Waals surface area contributed by atoms with Gasteiger partial charge in [-0.05, 0) is 59.0 Å². The summed E-state index contributed by atoms with van der Waals surface area (Å²) in [6, 6.07) is 45.3. The maximum atomic E-state index is 13.3. The fourth-order valence-electron chi connectivity index (χ4n) is 7.04. The Morgan fingerprint density at radius 3 is 2.06 bits per heavy atom. The number of hydrogen-bond donors (Lipinski definition) is 1. The first kappa shape index (κ1) is 32.1. The predicted molar refractivity (Wildman–Crippen MR) is 202 cm³/mol. The number of aryl methyl sites for hydroxylation is 1. The van der Waals surface area contributed by atoms with Gasteiger partial charge in [-0.3, -0.25) is 5.32 Å². The highest BCUT2D eigenvalue weighted by atomic mass is 32.1. The number of carbonyl (C=O) groups excluding carboxylic acids is 1. The molecular weight excluding hydrogens is 653 g/mol. The van der Waals surface area contributed by atoms with Crippen molar-refractivity contribution < 1.29 is 9.53 Å². The summed E-state index contributed by atoms with van der Waals surface area (Å²) in [6.07, 6.45) is 1.95. The van der Waals surface area contributed by atoms with Crippen LogP contribution in [0.15, 0.2) is 134 Å². The van der Waals surface area contributed by atoms with Gasteiger partial charge < -0.3 is 9.64 Å². The smallest absolute Gasteiger partial charge is 0.323 e. The second-order valence-electron chi connectivity index (χ2n) is 12.5. The van der Waals surface area contributed by atoms with Crippen molar-refractivity contribution in [2.45, 2.75) is 12.5 Å². The molecule has 51 heavy (non-hydrogen) atoms. The number of ether oxygens (including phenoxy) is 1. The average Bonchev–Trinajstić information content (AvgIpc) is 3.82. The Bertz CT molecular complexity index is 2280. The zero-order valence-electron chi connectivity index (χ0n) is 28.0. The molecule has 1 fully saturated rings. The molecule has 1 saturated heterocycles. The van der Waals surface area contributed by atoms with Crippen LogP contribution in [0, 0.1) is 18.3 Å². The first-order valence-electron chi connectivity index (χ1n) is 16.9. The van der Waals surface area contributed by atoms with E-state index in [-0.39, 0.29) is 6.03 Å². The fraction of sp³-hybridized carbons (Fsp3) is 0.143. The van der Waals surface area contributed by atoms with Crippen LogP contribution in [0.1, 0.15) is 27.8 Å². The van der Waals surface area contributed by atoms with Crippen LogP contribution in [0.5, 0.6) is 0 Å². The molecule has 3 heterocycles. The van der Waals surface area contributed by atoms with Crippen LogP contribution in [-0.2, 0) is 10.3 Å². The minimum Gasteiger partial charge on any atom is -0.378 e. The Balaban J connectivity index is 1.35. The van der Waals surface area contributed by atoms with Gasteiger partial charge >= 0.3 is 6.03 Å². The molecule has 250 valence electrons. The molecule has 8 nitrogen and oxygen atoms in total. The highest BCUT2D eigenvalue weighted by Gasteiger charge is 2.40. The van der Waals surface area contributed by atoms with Gasteiger partial charge in [0.15, 0.2) is 5.13 Å². The summed E-state index contributed by atoms with van der Waals surface area (Å²) in [5, 5.41) is 19.5. The molecule has 8 rings (SSSR count). The molecule has 0 atom stereocenters. The second-order valence-corrected chi connectivity index (χ2v) is 13.5. The Kier molecular flexibility index (Phi) is 8.62. The van der Waals surface area contributed by atoms with Gasteiger partial charge in [0.05, 0.1) is 47.1 Å². The van der Waals surface area contributed by atoms with Gasteiger partial charge in [-0.1, -0.05) is 114 Å². The molecule has 1 aliphatic rings. The summed E-state index contributed by atoms with van der Waals surface area (Å²) in [4.78, 5) is 20.9. The quantitative estimate of drug-likeness (QED) is 0.169. The number of rotatable bonds is 7. The Hall–Kier alpha value is -6.08. The van der Waals surface area contributed by atoms with Crippen molar-refractivity contribution in [3.63, 3.8) is 0 Å². The highest BCUT2D eigenvalue weighted by Crippen LogP contribution is 2.45. The van der Waals surface area contributed by atoms with Gasteiger partial charge in [0, 0.05) is 24.0 Å². The maximum Gasteiger partial charge on any atom is 0.323 e. The van der Waals surface area contributed by atoms with Crippen LogP contribution in [-0.4, -0.2) is 52.0 Å². The number of nitriles is 1. The molecule has 0 radical (unpaired) electrons. The number of nitrogens with zero attached hydrogens (tertiary/aromatic N) is 5. The SMILES string of the molecule is Cc1cc(-c2sc(NC(=O)N3CCOCC3)nc2-c2cccc(C#N)c2)cc2c1cnn2C(c1ccccc1)(c1ccccc1)c1ccccc1. The molecule has 1 aliphatic heterocycles. The third kappa shape index (κ3) is 5.84. The number of carbonyl (C=O) groups is 1. The number of benzene rings is 5. The topological polar surface area (TPSA) is 96.1 Å². The second kappa shape index (κ2) is 13.7. The fourth-order valence-corrected chi connectivity index (χ4v) is 8.01. The van der Waals surface area contributed by atoms with Crippen molar-refractivity contribution in [1.29, 1.82) is 5.26 Å². The molecule has 9 heteroatoms. The van der Waals surface area contributed by atoms with Crippen LogP contribution in [0.3, 0.4) is 0 Å². The molecule has 0 saturated carbocycles. The Morgan fingerprint density at radius 2 is 1.45 bits per heavy atom. The van der Waals surface area contributed by atoms with Crippen molar-refractivity contribution in [2.75, 3.05) is 31.6 Å². The van der Waals surface area contributed by atoms with E-state index >= 15 is 0 Å². The normalized spacial score (nSPS) is 13.2. The maximum absolute atomic E-state index is 13.3. The van der Waals surface area contributed by atoms with E-state index in [9.17, 15) is 10.1 Å². The first-order chi connectivity index (χ1) is 25.1. The monoisotopic (exact) mass is 686 g/mol. The third-order valence-electron chi connectivity index (χ3n) is 9.45. The lowest BCUT2D eigenvalue weighted by Crippen LogP contribution is -2.43. The first-order valence-corrected chi connectivity index (χ1v) is 17.7. The van der Waals surface area contributed by atoms with E-state index in [1.807, 2.05) is 42.6 Å². The molecule has 2 aromatic heterocycles. The van der Waals surface area contributed by atoms with Gasteiger partial charge in [0.1, 0.15) is 5.54 Å². The Morgan fingerprint density at radius 1 is 0.824 bits per heavy atom. The highest BCUT2D eigenvalue weighted by molar-refractivity contribution is 7.19. The Labute approximate surface area is 300 Å². The zero-order chi connectivity index (χ0) is 34.8. The number of thiazole rings is 1. The van der Waals surface area contributed by atoms with Crippen LogP contribution in [0.25, 0.3) is 32.6 Å². The van der Waals surface area contributed by atoms with Crippen LogP contribution >= 0.6 is 11.3 Å². The zero-order valence-corrected chi connectivity index (χ0v) is 28.8. The van der Waals surface area contributed by atoms with Crippen LogP contribution in [0.4, 0.5) is 9.93 Å². The van der Waals surface area contributed by atoms with Crippen molar-refractivity contribution in [3.8, 4) is 27.8 Å². The summed E-state index contributed by atoms with van der Waals surface area (Å²) in [6.45, 7) is 4.16. The summed E-state index contributed by atoms with van der Waals surface area (Å²) >= 11 is 1.42. The van der Waals surface area contributed by atoms with Crippen LogP contribution < -0.4 is 5.32 Å². The van der Waals surface area contributed by atoms with E-state index in [0.29, 0.717) is 42.7 Å².